The van der Waals surface area contributed by atoms with Crippen molar-refractivity contribution in [3.05, 3.63) is 46.9 Å². The molecule has 2 heterocycles. The molecule has 148 valence electrons. The van der Waals surface area contributed by atoms with Gasteiger partial charge in [0.1, 0.15) is 12.4 Å². The highest BCUT2D eigenvalue weighted by molar-refractivity contribution is 6.33. The molecule has 9 heteroatoms. The molecular formula is C19H23ClN6O2. The van der Waals surface area contributed by atoms with E-state index in [-0.39, 0.29) is 11.8 Å². The molecule has 0 aliphatic carbocycles. The van der Waals surface area contributed by atoms with Crippen molar-refractivity contribution in [3.63, 3.8) is 0 Å². The van der Waals surface area contributed by atoms with E-state index in [9.17, 15) is 4.79 Å². The van der Waals surface area contributed by atoms with Crippen LogP contribution in [0.4, 0.5) is 5.69 Å². The van der Waals surface area contributed by atoms with Crippen molar-refractivity contribution in [3.8, 4) is 17.0 Å². The lowest BCUT2D eigenvalue weighted by Gasteiger charge is -2.14. The molecule has 0 aliphatic heterocycles. The number of halogens is 1. The van der Waals surface area contributed by atoms with Gasteiger partial charge in [-0.1, -0.05) is 25.4 Å². The van der Waals surface area contributed by atoms with Crippen molar-refractivity contribution < 1.29 is 9.53 Å². The molecule has 0 aliphatic rings. The Hall–Kier alpha value is -2.84. The van der Waals surface area contributed by atoms with Crippen LogP contribution in [0.2, 0.25) is 5.02 Å². The first-order chi connectivity index (χ1) is 13.4. The van der Waals surface area contributed by atoms with Gasteiger partial charge >= 0.3 is 0 Å². The van der Waals surface area contributed by atoms with Gasteiger partial charge in [-0.3, -0.25) is 14.6 Å². The monoisotopic (exact) mass is 402 g/mol. The second kappa shape index (κ2) is 8.45. The average molecular weight is 403 g/mol. The molecule has 1 amide bonds. The smallest absolute Gasteiger partial charge is 0.276 e. The van der Waals surface area contributed by atoms with Crippen LogP contribution in [0.3, 0.4) is 0 Å². The molecule has 3 rings (SSSR count). The summed E-state index contributed by atoms with van der Waals surface area (Å²) in [6.07, 6.45) is 1.56. The SMILES string of the molecule is CC(C)c1cc(C(=O)Nc2ccc(OCCN)c(-c3c(Cl)cnn3C)c2)n[nH]1. The Kier molecular flexibility index (Phi) is 6.01. The van der Waals surface area contributed by atoms with E-state index in [0.717, 1.165) is 5.69 Å². The molecule has 2 aromatic heterocycles. The van der Waals surface area contributed by atoms with Gasteiger partial charge in [-0.2, -0.15) is 10.2 Å². The molecule has 0 fully saturated rings. The molecule has 0 spiro atoms. The number of hydrogen-bond acceptors (Lipinski definition) is 5. The summed E-state index contributed by atoms with van der Waals surface area (Å²) in [5, 5.41) is 14.5. The molecule has 4 N–H and O–H groups in total. The number of amides is 1. The van der Waals surface area contributed by atoms with Crippen molar-refractivity contribution in [2.45, 2.75) is 19.8 Å². The number of nitrogens with one attached hydrogen (secondary N) is 2. The molecule has 0 saturated carbocycles. The summed E-state index contributed by atoms with van der Waals surface area (Å²) < 4.78 is 7.39. The van der Waals surface area contributed by atoms with E-state index < -0.39 is 0 Å². The van der Waals surface area contributed by atoms with E-state index in [1.165, 1.54) is 0 Å². The van der Waals surface area contributed by atoms with Crippen LogP contribution >= 0.6 is 11.6 Å². The molecule has 28 heavy (non-hydrogen) atoms. The fraction of sp³-hybridized carbons (Fsp3) is 0.316. The van der Waals surface area contributed by atoms with Crippen LogP contribution in [0.25, 0.3) is 11.3 Å². The third kappa shape index (κ3) is 4.18. The maximum Gasteiger partial charge on any atom is 0.276 e. The number of aromatic nitrogens is 4. The van der Waals surface area contributed by atoms with Crippen LogP contribution in [0.1, 0.15) is 35.9 Å². The zero-order valence-corrected chi connectivity index (χ0v) is 16.7. The first-order valence-electron chi connectivity index (χ1n) is 8.92. The zero-order valence-electron chi connectivity index (χ0n) is 16.0. The Morgan fingerprint density at radius 2 is 2.18 bits per heavy atom. The number of rotatable bonds is 7. The molecule has 1 aromatic carbocycles. The van der Waals surface area contributed by atoms with Gasteiger partial charge in [0.2, 0.25) is 0 Å². The number of anilines is 1. The van der Waals surface area contributed by atoms with E-state index in [1.807, 2.05) is 13.8 Å². The first kappa shape index (κ1) is 19.9. The number of H-pyrrole nitrogens is 1. The molecule has 0 unspecified atom stereocenters. The minimum absolute atomic E-state index is 0.256. The van der Waals surface area contributed by atoms with E-state index in [0.29, 0.717) is 46.6 Å². The standard InChI is InChI=1S/C19H23ClN6O2/c1-11(2)15-9-16(25-24-15)19(27)23-12-4-5-17(28-7-6-21)13(8-12)18-14(20)10-22-26(18)3/h4-5,8-11H,6-7,21H2,1-3H3,(H,23,27)(H,24,25). The Morgan fingerprint density at radius 1 is 1.39 bits per heavy atom. The number of ether oxygens (including phenoxy) is 1. The lowest BCUT2D eigenvalue weighted by molar-refractivity contribution is 0.102. The van der Waals surface area contributed by atoms with Crippen LogP contribution in [-0.4, -0.2) is 39.0 Å². The van der Waals surface area contributed by atoms with E-state index in [1.54, 1.807) is 42.2 Å². The van der Waals surface area contributed by atoms with Gasteiger partial charge in [-0.05, 0) is 30.2 Å². The number of nitrogens with two attached hydrogens (primary N) is 1. The Labute approximate surface area is 168 Å². The van der Waals surface area contributed by atoms with Gasteiger partial charge < -0.3 is 15.8 Å². The summed E-state index contributed by atoms with van der Waals surface area (Å²) in [6.45, 7) is 4.80. The second-order valence-corrected chi connectivity index (χ2v) is 7.04. The first-order valence-corrected chi connectivity index (χ1v) is 9.30. The molecule has 8 nitrogen and oxygen atoms in total. The number of carbonyl (C=O) groups is 1. The van der Waals surface area contributed by atoms with Crippen LogP contribution in [0, 0.1) is 0 Å². The topological polar surface area (TPSA) is 111 Å². The summed E-state index contributed by atoms with van der Waals surface area (Å²) in [5.41, 5.74) is 8.77. The lowest BCUT2D eigenvalue weighted by atomic mass is 10.1. The van der Waals surface area contributed by atoms with Crippen LogP contribution in [0.15, 0.2) is 30.5 Å². The van der Waals surface area contributed by atoms with Crippen molar-refractivity contribution in [1.29, 1.82) is 0 Å². The van der Waals surface area contributed by atoms with E-state index in [2.05, 4.69) is 20.6 Å². The van der Waals surface area contributed by atoms with Gasteiger partial charge in [-0.25, -0.2) is 0 Å². The number of benzene rings is 1. The Bertz CT molecular complexity index is 959. The molecule has 0 atom stereocenters. The van der Waals surface area contributed by atoms with Crippen molar-refractivity contribution in [2.75, 3.05) is 18.5 Å². The average Bonchev–Trinajstić information content (AvgIpc) is 3.28. The highest BCUT2D eigenvalue weighted by Gasteiger charge is 2.17. The Balaban J connectivity index is 1.91. The maximum absolute atomic E-state index is 12.6. The fourth-order valence-corrected chi connectivity index (χ4v) is 3.01. The zero-order chi connectivity index (χ0) is 20.3. The fourth-order valence-electron chi connectivity index (χ4n) is 2.75. The van der Waals surface area contributed by atoms with Gasteiger partial charge in [0, 0.05) is 30.5 Å². The minimum Gasteiger partial charge on any atom is -0.492 e. The molecule has 0 bridgehead atoms. The van der Waals surface area contributed by atoms with Crippen molar-refractivity contribution in [2.24, 2.45) is 12.8 Å². The number of aryl methyl sites for hydroxylation is 1. The normalized spacial score (nSPS) is 11.1. The van der Waals surface area contributed by atoms with Crippen LogP contribution < -0.4 is 15.8 Å². The number of aromatic amines is 1. The van der Waals surface area contributed by atoms with E-state index in [4.69, 9.17) is 22.1 Å². The van der Waals surface area contributed by atoms with Gasteiger partial charge in [0.15, 0.2) is 5.69 Å². The summed E-state index contributed by atoms with van der Waals surface area (Å²) in [4.78, 5) is 12.6. The third-order valence-corrected chi connectivity index (χ3v) is 4.49. The summed E-state index contributed by atoms with van der Waals surface area (Å²) in [5.74, 6) is 0.559. The highest BCUT2D eigenvalue weighted by Crippen LogP contribution is 2.36. The molecule has 0 radical (unpaired) electrons. The minimum atomic E-state index is -0.305. The molecular weight excluding hydrogens is 380 g/mol. The van der Waals surface area contributed by atoms with Crippen LogP contribution in [-0.2, 0) is 7.05 Å². The van der Waals surface area contributed by atoms with E-state index >= 15 is 0 Å². The van der Waals surface area contributed by atoms with Crippen molar-refractivity contribution in [1.82, 2.24) is 20.0 Å². The highest BCUT2D eigenvalue weighted by atomic mass is 35.5. The van der Waals surface area contributed by atoms with Gasteiger partial charge in [0.05, 0.1) is 16.9 Å². The number of hydrogen-bond donors (Lipinski definition) is 3. The second-order valence-electron chi connectivity index (χ2n) is 6.63. The molecule has 3 aromatic rings. The van der Waals surface area contributed by atoms with Crippen molar-refractivity contribution >= 4 is 23.2 Å². The molecule has 0 saturated heterocycles. The number of carbonyl (C=O) groups excluding carboxylic acids is 1. The van der Waals surface area contributed by atoms with Gasteiger partial charge in [-0.15, -0.1) is 0 Å². The Morgan fingerprint density at radius 3 is 2.79 bits per heavy atom. The van der Waals surface area contributed by atoms with Crippen LogP contribution in [0.5, 0.6) is 5.75 Å². The van der Waals surface area contributed by atoms with Gasteiger partial charge in [0.25, 0.3) is 5.91 Å². The largest absolute Gasteiger partial charge is 0.492 e. The predicted molar refractivity (Wildman–Crippen MR) is 109 cm³/mol. The predicted octanol–water partition coefficient (Wildman–Crippen LogP) is 3.18. The summed E-state index contributed by atoms with van der Waals surface area (Å²) >= 11 is 6.31. The maximum atomic E-state index is 12.6. The summed E-state index contributed by atoms with van der Waals surface area (Å²) in [7, 11) is 1.79. The third-order valence-electron chi connectivity index (χ3n) is 4.21. The summed E-state index contributed by atoms with van der Waals surface area (Å²) in [6, 6.07) is 7.07. The lowest BCUT2D eigenvalue weighted by Crippen LogP contribution is -2.13. The quantitative estimate of drug-likeness (QED) is 0.562. The number of nitrogens with zero attached hydrogens (tertiary/aromatic N) is 3.